The number of aromatic nitrogens is 4. The van der Waals surface area contributed by atoms with Gasteiger partial charge in [0, 0.05) is 5.56 Å². The summed E-state index contributed by atoms with van der Waals surface area (Å²) in [5.41, 5.74) is 5.47. The number of aryl methyl sites for hydroxylation is 2. The van der Waals surface area contributed by atoms with Crippen LogP contribution in [0.3, 0.4) is 0 Å². The van der Waals surface area contributed by atoms with E-state index in [9.17, 15) is 0 Å². The van der Waals surface area contributed by atoms with Crippen molar-refractivity contribution in [2.24, 2.45) is 0 Å². The molecule has 1 atom stereocenters. The molecule has 1 N–H and O–H groups in total. The summed E-state index contributed by atoms with van der Waals surface area (Å²) in [6, 6.07) is 10.7. The Balaban J connectivity index is 1.78. The Labute approximate surface area is 135 Å². The first-order chi connectivity index (χ1) is 11.2. The number of rotatable bonds is 2. The van der Waals surface area contributed by atoms with Gasteiger partial charge in [-0.3, -0.25) is 0 Å². The third-order valence-electron chi connectivity index (χ3n) is 4.71. The van der Waals surface area contributed by atoms with Crippen LogP contribution in [0.5, 0.6) is 0 Å². The zero-order valence-corrected chi connectivity index (χ0v) is 13.6. The second kappa shape index (κ2) is 5.74. The summed E-state index contributed by atoms with van der Waals surface area (Å²) >= 11 is 0. The maximum Gasteiger partial charge on any atom is 0.178 e. The van der Waals surface area contributed by atoms with E-state index in [0.29, 0.717) is 0 Å². The first-order valence-corrected chi connectivity index (χ1v) is 8.26. The lowest BCUT2D eigenvalue weighted by Gasteiger charge is -2.21. The van der Waals surface area contributed by atoms with E-state index in [1.54, 1.807) is 0 Å². The Morgan fingerprint density at radius 2 is 1.96 bits per heavy atom. The molecular weight excluding hydrogens is 286 g/mol. The van der Waals surface area contributed by atoms with Crippen molar-refractivity contribution in [3.63, 3.8) is 0 Å². The minimum Gasteiger partial charge on any atom is -0.307 e. The first-order valence-electron chi connectivity index (χ1n) is 8.26. The Kier molecular flexibility index (Phi) is 3.58. The normalized spacial score (nSPS) is 18.4. The molecule has 2 aromatic heterocycles. The van der Waals surface area contributed by atoms with E-state index in [-0.39, 0.29) is 6.04 Å². The number of piperidine rings is 1. The van der Waals surface area contributed by atoms with Crippen molar-refractivity contribution in [3.8, 4) is 11.3 Å². The first kappa shape index (κ1) is 14.3. The molecule has 23 heavy (non-hydrogen) atoms. The van der Waals surface area contributed by atoms with Crippen LogP contribution in [-0.4, -0.2) is 26.4 Å². The summed E-state index contributed by atoms with van der Waals surface area (Å²) in [5.74, 6) is 0.922. The molecule has 3 aromatic rings. The molecule has 1 saturated heterocycles. The molecule has 1 aliphatic heterocycles. The maximum atomic E-state index is 4.80. The lowest BCUT2D eigenvalue weighted by Crippen LogP contribution is -2.28. The molecule has 0 unspecified atom stereocenters. The van der Waals surface area contributed by atoms with Crippen molar-refractivity contribution in [1.82, 2.24) is 25.1 Å². The molecule has 5 nitrogen and oxygen atoms in total. The minimum atomic E-state index is 0.251. The average molecular weight is 307 g/mol. The van der Waals surface area contributed by atoms with Crippen LogP contribution in [0.1, 0.15) is 42.3 Å². The molecule has 5 heteroatoms. The fourth-order valence-corrected chi connectivity index (χ4v) is 3.15. The Morgan fingerprint density at radius 3 is 2.74 bits per heavy atom. The summed E-state index contributed by atoms with van der Waals surface area (Å²) < 4.78 is 1.90. The van der Waals surface area contributed by atoms with Gasteiger partial charge >= 0.3 is 0 Å². The lowest BCUT2D eigenvalue weighted by atomic mass is 10.0. The van der Waals surface area contributed by atoms with Crippen LogP contribution in [0.2, 0.25) is 0 Å². The van der Waals surface area contributed by atoms with Crippen molar-refractivity contribution in [2.45, 2.75) is 39.2 Å². The summed E-state index contributed by atoms with van der Waals surface area (Å²) in [6.45, 7) is 5.30. The maximum absolute atomic E-state index is 4.80. The van der Waals surface area contributed by atoms with Gasteiger partial charge in [0.1, 0.15) is 0 Å². The molecular formula is C18H21N5. The molecule has 1 fully saturated rings. The van der Waals surface area contributed by atoms with Crippen LogP contribution in [-0.2, 0) is 0 Å². The highest BCUT2D eigenvalue weighted by Crippen LogP contribution is 2.24. The van der Waals surface area contributed by atoms with Crippen LogP contribution >= 0.6 is 0 Å². The summed E-state index contributed by atoms with van der Waals surface area (Å²) in [4.78, 5) is 0. The van der Waals surface area contributed by atoms with Crippen molar-refractivity contribution in [3.05, 3.63) is 47.3 Å². The predicted octanol–water partition coefficient (Wildman–Crippen LogP) is 3.22. The van der Waals surface area contributed by atoms with E-state index < -0.39 is 0 Å². The zero-order chi connectivity index (χ0) is 15.8. The number of benzene rings is 1. The Hall–Kier alpha value is -2.27. The predicted molar refractivity (Wildman–Crippen MR) is 90.3 cm³/mol. The van der Waals surface area contributed by atoms with Gasteiger partial charge in [0.25, 0.3) is 0 Å². The van der Waals surface area contributed by atoms with Gasteiger partial charge in [-0.05, 0) is 62.6 Å². The van der Waals surface area contributed by atoms with E-state index in [2.05, 4.69) is 47.6 Å². The summed E-state index contributed by atoms with van der Waals surface area (Å²) in [5, 5.41) is 17.0. The van der Waals surface area contributed by atoms with Crippen LogP contribution in [0, 0.1) is 13.8 Å². The number of hydrogen-bond donors (Lipinski definition) is 1. The molecule has 0 amide bonds. The number of hydrogen-bond acceptors (Lipinski definition) is 4. The zero-order valence-electron chi connectivity index (χ0n) is 13.6. The van der Waals surface area contributed by atoms with Crippen LogP contribution in [0.15, 0.2) is 30.3 Å². The van der Waals surface area contributed by atoms with Gasteiger partial charge in [0.15, 0.2) is 11.5 Å². The van der Waals surface area contributed by atoms with E-state index >= 15 is 0 Å². The van der Waals surface area contributed by atoms with Crippen molar-refractivity contribution in [1.29, 1.82) is 0 Å². The monoisotopic (exact) mass is 307 g/mol. The molecule has 0 bridgehead atoms. The standard InChI is InChI=1S/C18H21N5/c1-12-6-7-14(11-13(12)2)15-8-9-17-20-21-18(23(17)22-15)16-5-3-4-10-19-16/h6-9,11,16,19H,3-5,10H2,1-2H3/t16-/m1/s1. The van der Waals surface area contributed by atoms with Crippen LogP contribution < -0.4 is 5.32 Å². The van der Waals surface area contributed by atoms with Gasteiger partial charge in [-0.2, -0.15) is 9.61 Å². The minimum absolute atomic E-state index is 0.251. The Bertz CT molecular complexity index is 846. The fraction of sp³-hybridized carbons (Fsp3) is 0.389. The third-order valence-corrected chi connectivity index (χ3v) is 4.71. The fourth-order valence-electron chi connectivity index (χ4n) is 3.15. The highest BCUT2D eigenvalue weighted by atomic mass is 15.4. The molecule has 0 aliphatic carbocycles. The van der Waals surface area contributed by atoms with E-state index in [4.69, 9.17) is 5.10 Å². The second-order valence-corrected chi connectivity index (χ2v) is 6.35. The highest BCUT2D eigenvalue weighted by molar-refractivity contribution is 5.61. The van der Waals surface area contributed by atoms with E-state index in [0.717, 1.165) is 35.7 Å². The largest absolute Gasteiger partial charge is 0.307 e. The molecule has 1 aromatic carbocycles. The molecule has 0 spiro atoms. The number of fused-ring (bicyclic) bond motifs is 1. The van der Waals surface area contributed by atoms with Gasteiger partial charge in [-0.25, -0.2) is 0 Å². The van der Waals surface area contributed by atoms with Gasteiger partial charge in [0.05, 0.1) is 11.7 Å². The smallest absolute Gasteiger partial charge is 0.178 e. The third kappa shape index (κ3) is 2.61. The summed E-state index contributed by atoms with van der Waals surface area (Å²) in [6.07, 6.45) is 3.55. The number of nitrogens with zero attached hydrogens (tertiary/aromatic N) is 4. The van der Waals surface area contributed by atoms with E-state index in [1.165, 1.54) is 24.0 Å². The molecule has 0 radical (unpaired) electrons. The quantitative estimate of drug-likeness (QED) is 0.790. The average Bonchev–Trinajstić information content (AvgIpc) is 3.01. The van der Waals surface area contributed by atoms with Crippen molar-refractivity contribution < 1.29 is 0 Å². The number of nitrogens with one attached hydrogen (secondary N) is 1. The van der Waals surface area contributed by atoms with Gasteiger partial charge in [0.2, 0.25) is 0 Å². The molecule has 4 rings (SSSR count). The van der Waals surface area contributed by atoms with Crippen molar-refractivity contribution >= 4 is 5.65 Å². The van der Waals surface area contributed by atoms with Gasteiger partial charge in [-0.15, -0.1) is 10.2 Å². The van der Waals surface area contributed by atoms with Crippen LogP contribution in [0.4, 0.5) is 0 Å². The highest BCUT2D eigenvalue weighted by Gasteiger charge is 2.21. The second-order valence-electron chi connectivity index (χ2n) is 6.35. The van der Waals surface area contributed by atoms with Crippen LogP contribution in [0.25, 0.3) is 16.9 Å². The SMILES string of the molecule is Cc1ccc(-c2ccc3nnc([C@H]4CCCCN4)n3n2)cc1C. The Morgan fingerprint density at radius 1 is 1.04 bits per heavy atom. The van der Waals surface area contributed by atoms with Gasteiger partial charge in [-0.1, -0.05) is 18.6 Å². The topological polar surface area (TPSA) is 55.1 Å². The van der Waals surface area contributed by atoms with E-state index in [1.807, 2.05) is 16.6 Å². The molecule has 118 valence electrons. The van der Waals surface area contributed by atoms with Gasteiger partial charge < -0.3 is 5.32 Å². The molecule has 0 saturated carbocycles. The summed E-state index contributed by atoms with van der Waals surface area (Å²) in [7, 11) is 0. The molecule has 3 heterocycles. The van der Waals surface area contributed by atoms with Crippen molar-refractivity contribution in [2.75, 3.05) is 6.54 Å². The molecule has 1 aliphatic rings. The lowest BCUT2D eigenvalue weighted by molar-refractivity contribution is 0.392.